The van der Waals surface area contributed by atoms with Crippen LogP contribution in [0.1, 0.15) is 42.5 Å². The third kappa shape index (κ3) is 4.96. The molecule has 6 N–H and O–H groups in total. The number of carbonyl (C=O) groups is 1. The zero-order valence-corrected chi connectivity index (χ0v) is 15.4. The molecule has 1 aliphatic rings. The number of benzene rings is 1. The van der Waals surface area contributed by atoms with Crippen LogP contribution in [0.4, 0.5) is 5.69 Å². The fourth-order valence-electron chi connectivity index (χ4n) is 2.87. The van der Waals surface area contributed by atoms with Crippen LogP contribution in [0.3, 0.4) is 0 Å². The van der Waals surface area contributed by atoms with Crippen molar-refractivity contribution in [3.05, 3.63) is 28.8 Å². The van der Waals surface area contributed by atoms with Crippen molar-refractivity contribution in [3.63, 3.8) is 0 Å². The average Bonchev–Trinajstić information content (AvgIpc) is 2.49. The Morgan fingerprint density at radius 1 is 1.29 bits per heavy atom. The Morgan fingerprint density at radius 3 is 2.46 bits per heavy atom. The molecule has 24 heavy (non-hydrogen) atoms. The minimum atomic E-state index is -0.470. The van der Waals surface area contributed by atoms with Gasteiger partial charge in [-0.3, -0.25) is 15.5 Å². The van der Waals surface area contributed by atoms with Gasteiger partial charge in [0.15, 0.2) is 11.1 Å². The summed E-state index contributed by atoms with van der Waals surface area (Å²) in [6.45, 7) is 0. The molecule has 0 atom stereocenters. The molecule has 1 aliphatic carbocycles. The summed E-state index contributed by atoms with van der Waals surface area (Å²) in [5.74, 6) is -0.882. The number of thiocarbonyl (C=S) groups is 1. The lowest BCUT2D eigenvalue weighted by Gasteiger charge is -2.35. The molecule has 9 heteroatoms. The number of hydrogen-bond donors (Lipinski definition) is 4. The minimum Gasteiger partial charge on any atom is -0.376 e. The van der Waals surface area contributed by atoms with Crippen LogP contribution in [-0.4, -0.2) is 23.0 Å². The first-order chi connectivity index (χ1) is 10.9. The lowest BCUT2D eigenvalue weighted by molar-refractivity contribution is 0.0976. The van der Waals surface area contributed by atoms with E-state index in [2.05, 4.69) is 5.32 Å². The quantitative estimate of drug-likeness (QED) is 0.361. The lowest BCUT2D eigenvalue weighted by Crippen LogP contribution is -2.45. The van der Waals surface area contributed by atoms with Gasteiger partial charge in [-0.2, -0.15) is 0 Å². The topological polar surface area (TPSA) is 108 Å². The van der Waals surface area contributed by atoms with Gasteiger partial charge in [-0.1, -0.05) is 30.9 Å². The number of nitrogens with zero attached hydrogens (tertiary/aromatic N) is 1. The molecule has 0 spiro atoms. The maximum atomic E-state index is 12.0. The molecule has 0 aromatic heterocycles. The zero-order valence-electron chi connectivity index (χ0n) is 13.0. The summed E-state index contributed by atoms with van der Waals surface area (Å²) in [4.78, 5) is 13.9. The zero-order chi connectivity index (χ0) is 17.0. The number of carbonyl (C=O) groups excluding carboxylic acids is 1. The van der Waals surface area contributed by atoms with Crippen LogP contribution in [-0.2, 0) is 0 Å². The number of anilines is 1. The van der Waals surface area contributed by atoms with Crippen molar-refractivity contribution < 1.29 is 4.79 Å². The third-order valence-electron chi connectivity index (χ3n) is 3.89. The molecule has 1 amide bonds. The highest BCUT2D eigenvalue weighted by molar-refractivity contribution is 7.80. The van der Waals surface area contributed by atoms with Gasteiger partial charge in [0.05, 0.1) is 10.7 Å². The molecule has 1 aromatic carbocycles. The van der Waals surface area contributed by atoms with Gasteiger partial charge in [-0.25, -0.2) is 0 Å². The van der Waals surface area contributed by atoms with Crippen LogP contribution < -0.4 is 21.7 Å². The van der Waals surface area contributed by atoms with Crippen molar-refractivity contribution in [1.29, 1.82) is 5.41 Å². The predicted octanol–water partition coefficient (Wildman–Crippen LogP) is 2.77. The first kappa shape index (κ1) is 20.5. The summed E-state index contributed by atoms with van der Waals surface area (Å²) in [6.07, 6.45) is 5.41. The molecule has 2 rings (SSSR count). The van der Waals surface area contributed by atoms with Gasteiger partial charge in [-0.05, 0) is 43.3 Å². The fourth-order valence-corrected chi connectivity index (χ4v) is 3.32. The Labute approximate surface area is 157 Å². The number of hydrogen-bond acceptors (Lipinski definition) is 3. The Kier molecular flexibility index (Phi) is 7.72. The van der Waals surface area contributed by atoms with Gasteiger partial charge in [0.2, 0.25) is 0 Å². The minimum absolute atomic E-state index is 0. The molecule has 0 unspecified atom stereocenters. The van der Waals surface area contributed by atoms with Crippen LogP contribution in [0, 0.1) is 5.41 Å². The summed E-state index contributed by atoms with van der Waals surface area (Å²) in [6, 6.07) is 5.02. The fraction of sp³-hybridized carbons (Fsp3) is 0.400. The molecule has 1 saturated carbocycles. The van der Waals surface area contributed by atoms with Crippen molar-refractivity contribution in [2.24, 2.45) is 11.5 Å². The van der Waals surface area contributed by atoms with E-state index < -0.39 is 11.9 Å². The summed E-state index contributed by atoms with van der Waals surface area (Å²) >= 11 is 11.5. The van der Waals surface area contributed by atoms with E-state index >= 15 is 0 Å². The van der Waals surface area contributed by atoms with E-state index in [0.717, 1.165) is 25.7 Å². The normalized spacial score (nSPS) is 14.4. The SMILES string of the molecule is Cl.N=C(N)NC(=O)c1ccc(Cl)c(N(C(N)=S)C2CCCCC2)c1. The Hall–Kier alpha value is -1.57. The Bertz CT molecular complexity index is 634. The largest absolute Gasteiger partial charge is 0.376 e. The van der Waals surface area contributed by atoms with Crippen LogP contribution in [0.25, 0.3) is 0 Å². The van der Waals surface area contributed by atoms with E-state index in [0.29, 0.717) is 16.3 Å². The first-order valence-corrected chi connectivity index (χ1v) is 8.22. The third-order valence-corrected chi connectivity index (χ3v) is 4.41. The highest BCUT2D eigenvalue weighted by Gasteiger charge is 2.25. The number of amides is 1. The summed E-state index contributed by atoms with van der Waals surface area (Å²) < 4.78 is 0. The van der Waals surface area contributed by atoms with Crippen molar-refractivity contribution >= 4 is 58.9 Å². The second kappa shape index (κ2) is 9.05. The second-order valence-corrected chi connectivity index (χ2v) is 6.36. The number of guanidine groups is 1. The van der Waals surface area contributed by atoms with Crippen LogP contribution in [0.5, 0.6) is 0 Å². The molecular weight excluding hydrogens is 369 g/mol. The molecule has 0 bridgehead atoms. The van der Waals surface area contributed by atoms with Crippen LogP contribution in [0.2, 0.25) is 5.02 Å². The monoisotopic (exact) mass is 389 g/mol. The molecule has 6 nitrogen and oxygen atoms in total. The Morgan fingerprint density at radius 2 is 1.92 bits per heavy atom. The van der Waals surface area contributed by atoms with E-state index in [1.54, 1.807) is 18.2 Å². The van der Waals surface area contributed by atoms with E-state index in [9.17, 15) is 4.79 Å². The van der Waals surface area contributed by atoms with Gasteiger partial charge in [0, 0.05) is 11.6 Å². The molecule has 0 heterocycles. The molecule has 0 aliphatic heterocycles. The highest BCUT2D eigenvalue weighted by Crippen LogP contribution is 2.33. The lowest BCUT2D eigenvalue weighted by atomic mass is 9.94. The number of nitrogens with one attached hydrogen (secondary N) is 2. The molecule has 1 fully saturated rings. The van der Waals surface area contributed by atoms with Crippen LogP contribution >= 0.6 is 36.2 Å². The molecule has 0 saturated heterocycles. The van der Waals surface area contributed by atoms with E-state index in [1.807, 2.05) is 4.90 Å². The van der Waals surface area contributed by atoms with Gasteiger partial charge in [0.25, 0.3) is 5.91 Å². The van der Waals surface area contributed by atoms with Crippen LogP contribution in [0.15, 0.2) is 18.2 Å². The van der Waals surface area contributed by atoms with E-state index in [4.69, 9.17) is 40.7 Å². The molecule has 132 valence electrons. The van der Waals surface area contributed by atoms with Crippen molar-refractivity contribution in [1.82, 2.24) is 5.32 Å². The summed E-state index contributed by atoms with van der Waals surface area (Å²) in [7, 11) is 0. The number of nitrogens with two attached hydrogens (primary N) is 2. The molecular formula is C15H21Cl2N5OS. The molecule has 0 radical (unpaired) electrons. The maximum absolute atomic E-state index is 12.0. The summed E-state index contributed by atoms with van der Waals surface area (Å²) in [5.41, 5.74) is 12.1. The van der Waals surface area contributed by atoms with Gasteiger partial charge in [0.1, 0.15) is 0 Å². The summed E-state index contributed by atoms with van der Waals surface area (Å²) in [5, 5.41) is 10.1. The Balaban J connectivity index is 0.00000288. The highest BCUT2D eigenvalue weighted by atomic mass is 35.5. The first-order valence-electron chi connectivity index (χ1n) is 7.43. The maximum Gasteiger partial charge on any atom is 0.258 e. The predicted molar refractivity (Wildman–Crippen MR) is 104 cm³/mol. The smallest absolute Gasteiger partial charge is 0.258 e. The van der Waals surface area contributed by atoms with E-state index in [-0.39, 0.29) is 23.6 Å². The van der Waals surface area contributed by atoms with E-state index in [1.165, 1.54) is 6.42 Å². The standard InChI is InChI=1S/C15H20ClN5OS.ClH/c16-11-7-6-9(13(22)20-14(17)18)8-12(11)21(15(19)23)10-4-2-1-3-5-10;/h6-8,10H,1-5H2,(H2,19,23)(H4,17,18,20,22);1H. The number of halogens is 2. The van der Waals surface area contributed by atoms with Gasteiger partial charge in [-0.15, -0.1) is 12.4 Å². The van der Waals surface area contributed by atoms with Gasteiger partial charge >= 0.3 is 0 Å². The van der Waals surface area contributed by atoms with Crippen molar-refractivity contribution in [2.75, 3.05) is 4.90 Å². The van der Waals surface area contributed by atoms with Crippen molar-refractivity contribution in [3.8, 4) is 0 Å². The number of rotatable bonds is 3. The van der Waals surface area contributed by atoms with Gasteiger partial charge < -0.3 is 16.4 Å². The second-order valence-electron chi connectivity index (χ2n) is 5.53. The van der Waals surface area contributed by atoms with Crippen molar-refractivity contribution in [2.45, 2.75) is 38.1 Å². The average molecular weight is 390 g/mol. The molecule has 1 aromatic rings.